The molecule has 0 fully saturated rings. The SMILES string of the molecule is CC(C)(C)[C@H](c1cc(-c2cc(F)ccc2F)cn1Cc1ccccc1)N(CCC(NC(=O)OCC[Si](C)(C)C)C(=O)NCCN)C(=O)CO. The summed E-state index contributed by atoms with van der Waals surface area (Å²) in [6, 6.07) is 13.5. The molecule has 1 unspecified atom stereocenters. The summed E-state index contributed by atoms with van der Waals surface area (Å²) in [4.78, 5) is 41.0. The molecule has 0 aliphatic carbocycles. The van der Waals surface area contributed by atoms with Crippen LogP contribution in [0.5, 0.6) is 0 Å². The first-order chi connectivity index (χ1) is 23.0. The minimum Gasteiger partial charge on any atom is -0.450 e. The van der Waals surface area contributed by atoms with E-state index in [1.54, 1.807) is 12.3 Å². The van der Waals surface area contributed by atoms with Crippen LogP contribution >= 0.6 is 0 Å². The average Bonchev–Trinajstić information content (AvgIpc) is 3.43. The van der Waals surface area contributed by atoms with Crippen LogP contribution in [0.3, 0.4) is 0 Å². The number of nitrogens with two attached hydrogens (primary N) is 1. The van der Waals surface area contributed by atoms with Crippen molar-refractivity contribution >= 4 is 26.0 Å². The number of rotatable bonds is 16. The fourth-order valence-electron chi connectivity index (χ4n) is 5.59. The highest BCUT2D eigenvalue weighted by Gasteiger charge is 2.38. The topological polar surface area (TPSA) is 139 Å². The van der Waals surface area contributed by atoms with Crippen LogP contribution in [-0.2, 0) is 20.9 Å². The maximum atomic E-state index is 15.1. The van der Waals surface area contributed by atoms with Gasteiger partial charge in [0.05, 0.1) is 12.6 Å². The third-order valence-electron chi connectivity index (χ3n) is 8.03. The lowest BCUT2D eigenvalue weighted by atomic mass is 9.82. The number of halogens is 2. The average molecular weight is 700 g/mol. The van der Waals surface area contributed by atoms with Crippen molar-refractivity contribution < 1.29 is 33.0 Å². The van der Waals surface area contributed by atoms with Crippen molar-refractivity contribution in [2.75, 3.05) is 32.8 Å². The molecule has 5 N–H and O–H groups in total. The van der Waals surface area contributed by atoms with Gasteiger partial charge in [0.1, 0.15) is 24.3 Å². The maximum absolute atomic E-state index is 15.1. The van der Waals surface area contributed by atoms with Gasteiger partial charge in [-0.1, -0.05) is 70.7 Å². The number of carbonyl (C=O) groups excluding carboxylic acids is 3. The first-order valence-electron chi connectivity index (χ1n) is 16.5. The monoisotopic (exact) mass is 699 g/mol. The number of benzene rings is 2. The molecule has 1 aromatic heterocycles. The van der Waals surface area contributed by atoms with E-state index in [-0.39, 0.29) is 38.2 Å². The van der Waals surface area contributed by atoms with Gasteiger partial charge in [0, 0.05) is 57.3 Å². The largest absolute Gasteiger partial charge is 0.450 e. The number of hydrogen-bond acceptors (Lipinski definition) is 6. The summed E-state index contributed by atoms with van der Waals surface area (Å²) >= 11 is 0. The number of amides is 3. The van der Waals surface area contributed by atoms with Crippen LogP contribution in [0.2, 0.25) is 25.7 Å². The molecule has 268 valence electrons. The smallest absolute Gasteiger partial charge is 0.407 e. The molecule has 0 aliphatic rings. The van der Waals surface area contributed by atoms with Gasteiger partial charge < -0.3 is 35.7 Å². The first-order valence-corrected chi connectivity index (χ1v) is 20.3. The molecule has 0 radical (unpaired) electrons. The van der Waals surface area contributed by atoms with Crippen LogP contribution in [0, 0.1) is 17.0 Å². The predicted molar refractivity (Wildman–Crippen MR) is 189 cm³/mol. The summed E-state index contributed by atoms with van der Waals surface area (Å²) in [5, 5.41) is 15.5. The van der Waals surface area contributed by atoms with E-state index in [2.05, 4.69) is 30.3 Å². The standard InChI is InChI=1S/C36H51F2N5O5Si/c1-36(2,3)33(31-20-26(28-21-27(37)12-13-29(28)38)23-42(31)22-25-10-8-7-9-11-25)43(32(45)24-44)17-14-30(34(46)40-16-15-39)41-35(47)48-18-19-49(4,5)6/h7-13,20-21,23,30,33,44H,14-19,22,24,39H2,1-6H3,(H,40,46)(H,41,47)/t30?,33-/m0/s1. The van der Waals surface area contributed by atoms with E-state index in [4.69, 9.17) is 10.5 Å². The Morgan fingerprint density at radius 3 is 2.37 bits per heavy atom. The van der Waals surface area contributed by atoms with E-state index in [9.17, 15) is 23.9 Å². The van der Waals surface area contributed by atoms with Gasteiger partial charge in [-0.2, -0.15) is 0 Å². The van der Waals surface area contributed by atoms with Crippen molar-refractivity contribution in [1.82, 2.24) is 20.1 Å². The second-order valence-corrected chi connectivity index (χ2v) is 20.0. The van der Waals surface area contributed by atoms with Crippen LogP contribution in [0.15, 0.2) is 60.8 Å². The lowest BCUT2D eigenvalue weighted by molar-refractivity contribution is -0.140. The normalized spacial score (nSPS) is 13.0. The van der Waals surface area contributed by atoms with Crippen LogP contribution in [0.25, 0.3) is 11.1 Å². The maximum Gasteiger partial charge on any atom is 0.407 e. The van der Waals surface area contributed by atoms with Gasteiger partial charge in [-0.3, -0.25) is 9.59 Å². The number of aromatic nitrogens is 1. The number of hydrogen-bond donors (Lipinski definition) is 4. The molecule has 13 heteroatoms. The quantitative estimate of drug-likeness (QED) is 0.150. The Morgan fingerprint density at radius 1 is 1.06 bits per heavy atom. The highest BCUT2D eigenvalue weighted by Crippen LogP contribution is 2.41. The molecule has 3 rings (SSSR count). The highest BCUT2D eigenvalue weighted by molar-refractivity contribution is 6.76. The molecule has 0 bridgehead atoms. The number of nitrogens with one attached hydrogen (secondary N) is 2. The first kappa shape index (κ1) is 39.4. The Hall–Kier alpha value is -4.07. The molecular weight excluding hydrogens is 649 g/mol. The Kier molecular flexibility index (Phi) is 14.1. The summed E-state index contributed by atoms with van der Waals surface area (Å²) in [5.41, 5.74) is 6.96. The lowest BCUT2D eigenvalue weighted by Gasteiger charge is -2.41. The summed E-state index contributed by atoms with van der Waals surface area (Å²) in [6.07, 6.45) is 0.960. The molecule has 2 aromatic carbocycles. The second kappa shape index (κ2) is 17.5. The molecule has 2 atom stereocenters. The molecule has 49 heavy (non-hydrogen) atoms. The fraction of sp³-hybridized carbons (Fsp3) is 0.472. The Morgan fingerprint density at radius 2 is 1.76 bits per heavy atom. The van der Waals surface area contributed by atoms with Crippen LogP contribution in [-0.4, -0.2) is 79.4 Å². The van der Waals surface area contributed by atoms with Crippen molar-refractivity contribution in [3.05, 3.63) is 83.7 Å². The zero-order valence-corrected chi connectivity index (χ0v) is 30.4. The number of alkyl carbamates (subject to hydrolysis) is 1. The number of carbonyl (C=O) groups is 3. The van der Waals surface area contributed by atoms with E-state index in [0.717, 1.165) is 29.8 Å². The van der Waals surface area contributed by atoms with Crippen LogP contribution < -0.4 is 16.4 Å². The van der Waals surface area contributed by atoms with Gasteiger partial charge in [-0.15, -0.1) is 0 Å². The predicted octanol–water partition coefficient (Wildman–Crippen LogP) is 5.29. The van der Waals surface area contributed by atoms with Crippen LogP contribution in [0.4, 0.5) is 13.6 Å². The summed E-state index contributed by atoms with van der Waals surface area (Å²) in [5.74, 6) is -2.30. The van der Waals surface area contributed by atoms with Crippen LogP contribution in [0.1, 0.15) is 44.5 Å². The summed E-state index contributed by atoms with van der Waals surface area (Å²) < 4.78 is 36.6. The van der Waals surface area contributed by atoms with E-state index in [0.29, 0.717) is 17.8 Å². The van der Waals surface area contributed by atoms with Crippen molar-refractivity contribution in [3.63, 3.8) is 0 Å². The molecule has 10 nitrogen and oxygen atoms in total. The Labute approximate surface area is 289 Å². The Bertz CT molecular complexity index is 1560. The summed E-state index contributed by atoms with van der Waals surface area (Å²) in [7, 11) is -1.48. The molecule has 3 amide bonds. The van der Waals surface area contributed by atoms with Gasteiger partial charge in [0.25, 0.3) is 0 Å². The second-order valence-electron chi connectivity index (χ2n) is 14.4. The molecule has 0 spiro atoms. The van der Waals surface area contributed by atoms with Crippen molar-refractivity contribution in [2.24, 2.45) is 11.1 Å². The third kappa shape index (κ3) is 11.8. The van der Waals surface area contributed by atoms with Crippen molar-refractivity contribution in [2.45, 2.75) is 71.5 Å². The van der Waals surface area contributed by atoms with Crippen molar-refractivity contribution in [1.29, 1.82) is 0 Å². The lowest BCUT2D eigenvalue weighted by Crippen LogP contribution is -2.51. The molecule has 0 aliphatic heterocycles. The van der Waals surface area contributed by atoms with E-state index < -0.39 is 61.7 Å². The third-order valence-corrected chi connectivity index (χ3v) is 9.73. The van der Waals surface area contributed by atoms with Crippen molar-refractivity contribution in [3.8, 4) is 11.1 Å². The zero-order chi connectivity index (χ0) is 36.4. The fourth-order valence-corrected chi connectivity index (χ4v) is 6.30. The zero-order valence-electron chi connectivity index (χ0n) is 29.4. The Balaban J connectivity index is 2.05. The number of ether oxygens (including phenoxy) is 1. The number of aliphatic hydroxyl groups is 1. The van der Waals surface area contributed by atoms with Gasteiger partial charge >= 0.3 is 6.09 Å². The molecular formula is C36H51F2N5O5Si. The van der Waals surface area contributed by atoms with E-state index in [1.807, 2.05) is 55.7 Å². The number of nitrogens with zero attached hydrogens (tertiary/aromatic N) is 2. The number of aliphatic hydroxyl groups excluding tert-OH is 1. The van der Waals surface area contributed by atoms with Gasteiger partial charge in [-0.25, -0.2) is 13.6 Å². The van der Waals surface area contributed by atoms with Gasteiger partial charge in [0.15, 0.2) is 0 Å². The summed E-state index contributed by atoms with van der Waals surface area (Å²) in [6.45, 7) is 12.3. The molecule has 3 aromatic rings. The molecule has 1 heterocycles. The molecule has 0 saturated carbocycles. The highest BCUT2D eigenvalue weighted by atomic mass is 28.3. The minimum atomic E-state index is -1.48. The van der Waals surface area contributed by atoms with Gasteiger partial charge in [-0.05, 0) is 47.7 Å². The van der Waals surface area contributed by atoms with E-state index >= 15 is 4.39 Å². The van der Waals surface area contributed by atoms with E-state index in [1.165, 1.54) is 4.90 Å². The molecule has 0 saturated heterocycles. The van der Waals surface area contributed by atoms with Gasteiger partial charge in [0.2, 0.25) is 11.8 Å². The minimum absolute atomic E-state index is 0.0113.